The Hall–Kier alpha value is -0.970. The minimum atomic E-state index is -0.252. The van der Waals surface area contributed by atoms with Crippen molar-refractivity contribution in [1.82, 2.24) is 5.32 Å². The molecule has 17 heavy (non-hydrogen) atoms. The molecule has 0 bridgehead atoms. The molecule has 1 atom stereocenters. The number of hydrogen-bond acceptors (Lipinski definition) is 3. The molecule has 0 radical (unpaired) electrons. The van der Waals surface area contributed by atoms with Gasteiger partial charge in [-0.3, -0.25) is 0 Å². The molecule has 4 N–H and O–H groups in total. The molecule has 0 aromatic heterocycles. The van der Waals surface area contributed by atoms with Gasteiger partial charge in [0.05, 0.1) is 6.61 Å². The van der Waals surface area contributed by atoms with Gasteiger partial charge in [0, 0.05) is 24.5 Å². The lowest BCUT2D eigenvalue weighted by Crippen LogP contribution is -2.41. The second-order valence-electron chi connectivity index (χ2n) is 4.97. The van der Waals surface area contributed by atoms with Crippen molar-refractivity contribution in [2.24, 2.45) is 5.73 Å². The number of benzene rings is 1. The first kappa shape index (κ1) is 14.1. The van der Waals surface area contributed by atoms with E-state index in [1.54, 1.807) is 12.1 Å². The number of rotatable bonds is 6. The van der Waals surface area contributed by atoms with Gasteiger partial charge in [0.15, 0.2) is 0 Å². The van der Waals surface area contributed by atoms with Crippen molar-refractivity contribution >= 4 is 0 Å². The average molecular weight is 240 g/mol. The van der Waals surface area contributed by atoms with E-state index in [0.29, 0.717) is 13.1 Å². The Morgan fingerprint density at radius 3 is 2.76 bits per heavy atom. The maximum Gasteiger partial charge on any atom is 0.123 e. The van der Waals surface area contributed by atoms with Crippen molar-refractivity contribution in [3.8, 4) is 0 Å². The van der Waals surface area contributed by atoms with Crippen molar-refractivity contribution < 1.29 is 9.50 Å². The molecule has 3 nitrogen and oxygen atoms in total. The fraction of sp³-hybridized carbons (Fsp3) is 0.538. The number of halogens is 1. The molecular formula is C13H21FN2O. The highest BCUT2D eigenvalue weighted by Crippen LogP contribution is 2.22. The summed E-state index contributed by atoms with van der Waals surface area (Å²) in [7, 11) is 0. The zero-order chi connectivity index (χ0) is 12.9. The van der Waals surface area contributed by atoms with E-state index >= 15 is 0 Å². The highest BCUT2D eigenvalue weighted by Gasteiger charge is 2.20. The molecule has 0 aliphatic rings. The Bertz CT molecular complexity index is 355. The summed E-state index contributed by atoms with van der Waals surface area (Å²) in [5.41, 5.74) is 6.37. The largest absolute Gasteiger partial charge is 0.395 e. The molecule has 0 amide bonds. The summed E-state index contributed by atoms with van der Waals surface area (Å²) >= 11 is 0. The summed E-state index contributed by atoms with van der Waals surface area (Å²) in [6.45, 7) is 5.28. The highest BCUT2D eigenvalue weighted by molar-refractivity contribution is 5.24. The zero-order valence-electron chi connectivity index (χ0n) is 10.4. The summed E-state index contributed by atoms with van der Waals surface area (Å²) in [5, 5.41) is 12.0. The number of nitrogens with two attached hydrogens (primary N) is 1. The van der Waals surface area contributed by atoms with Gasteiger partial charge in [0.25, 0.3) is 0 Å². The Morgan fingerprint density at radius 1 is 1.47 bits per heavy atom. The van der Waals surface area contributed by atoms with Crippen LogP contribution in [0.25, 0.3) is 0 Å². The van der Waals surface area contributed by atoms with Crippen LogP contribution in [0.1, 0.15) is 19.4 Å². The van der Waals surface area contributed by atoms with Crippen LogP contribution < -0.4 is 11.1 Å². The number of hydrogen-bond donors (Lipinski definition) is 3. The topological polar surface area (TPSA) is 58.3 Å². The van der Waals surface area contributed by atoms with Gasteiger partial charge in [0.2, 0.25) is 0 Å². The van der Waals surface area contributed by atoms with E-state index in [-0.39, 0.29) is 23.9 Å². The molecule has 0 fully saturated rings. The van der Waals surface area contributed by atoms with Gasteiger partial charge in [-0.1, -0.05) is 26.0 Å². The van der Waals surface area contributed by atoms with Gasteiger partial charge in [-0.25, -0.2) is 4.39 Å². The molecule has 0 saturated carbocycles. The minimum absolute atomic E-state index is 0.0343. The third-order valence-corrected chi connectivity index (χ3v) is 2.81. The zero-order valence-corrected chi connectivity index (χ0v) is 10.4. The molecule has 96 valence electrons. The number of aliphatic hydroxyl groups is 1. The standard InChI is InChI=1S/C13H21FN2O/c1-13(2,9-16-7-12(15)8-17)10-4-3-5-11(14)6-10/h3-6,12,16-17H,7-9,15H2,1-2H3. The normalized spacial score (nSPS) is 13.7. The maximum atomic E-state index is 13.1. The van der Waals surface area contributed by atoms with Crippen LogP contribution in [0, 0.1) is 5.82 Å². The Balaban J connectivity index is 2.56. The third-order valence-electron chi connectivity index (χ3n) is 2.81. The molecule has 1 rings (SSSR count). The number of nitrogens with one attached hydrogen (secondary N) is 1. The average Bonchev–Trinajstić information content (AvgIpc) is 2.28. The predicted octanol–water partition coefficient (Wildman–Crippen LogP) is 1.01. The molecule has 0 aliphatic heterocycles. The van der Waals surface area contributed by atoms with Crippen LogP contribution >= 0.6 is 0 Å². The molecule has 1 unspecified atom stereocenters. The smallest absolute Gasteiger partial charge is 0.123 e. The molecule has 0 spiro atoms. The van der Waals surface area contributed by atoms with Crippen molar-refractivity contribution in [3.05, 3.63) is 35.6 Å². The first-order chi connectivity index (χ1) is 7.95. The van der Waals surface area contributed by atoms with Crippen LogP contribution in [0.4, 0.5) is 4.39 Å². The van der Waals surface area contributed by atoms with Crippen LogP contribution in [-0.4, -0.2) is 30.8 Å². The van der Waals surface area contributed by atoms with Gasteiger partial charge in [-0.15, -0.1) is 0 Å². The van der Waals surface area contributed by atoms with Crippen LogP contribution in [0.2, 0.25) is 0 Å². The summed E-state index contributed by atoms with van der Waals surface area (Å²) in [5.74, 6) is -0.220. The van der Waals surface area contributed by atoms with E-state index in [9.17, 15) is 4.39 Å². The second-order valence-corrected chi connectivity index (χ2v) is 4.97. The van der Waals surface area contributed by atoms with Crippen LogP contribution in [-0.2, 0) is 5.41 Å². The van der Waals surface area contributed by atoms with E-state index in [4.69, 9.17) is 10.8 Å². The van der Waals surface area contributed by atoms with Crippen LogP contribution in [0.3, 0.4) is 0 Å². The molecule has 1 aromatic carbocycles. The first-order valence-electron chi connectivity index (χ1n) is 5.79. The van der Waals surface area contributed by atoms with E-state index < -0.39 is 0 Å². The predicted molar refractivity (Wildman–Crippen MR) is 67.4 cm³/mol. The molecule has 0 heterocycles. The minimum Gasteiger partial charge on any atom is -0.395 e. The Morgan fingerprint density at radius 2 is 2.18 bits per heavy atom. The lowest BCUT2D eigenvalue weighted by Gasteiger charge is -2.26. The quantitative estimate of drug-likeness (QED) is 0.695. The summed E-state index contributed by atoms with van der Waals surface area (Å²) in [4.78, 5) is 0. The summed E-state index contributed by atoms with van der Waals surface area (Å²) < 4.78 is 13.1. The lowest BCUT2D eigenvalue weighted by molar-refractivity contribution is 0.260. The number of aliphatic hydroxyl groups excluding tert-OH is 1. The molecule has 0 saturated heterocycles. The third kappa shape index (κ3) is 4.42. The van der Waals surface area contributed by atoms with Crippen molar-refractivity contribution in [2.45, 2.75) is 25.3 Å². The van der Waals surface area contributed by atoms with Crippen molar-refractivity contribution in [2.75, 3.05) is 19.7 Å². The van der Waals surface area contributed by atoms with E-state index in [2.05, 4.69) is 5.32 Å². The van der Waals surface area contributed by atoms with Gasteiger partial charge in [-0.2, -0.15) is 0 Å². The van der Waals surface area contributed by atoms with Crippen molar-refractivity contribution in [3.63, 3.8) is 0 Å². The molecule has 0 aliphatic carbocycles. The van der Waals surface area contributed by atoms with E-state index in [1.807, 2.05) is 19.9 Å². The van der Waals surface area contributed by atoms with Gasteiger partial charge >= 0.3 is 0 Å². The monoisotopic (exact) mass is 240 g/mol. The SMILES string of the molecule is CC(C)(CNCC(N)CO)c1cccc(F)c1. The summed E-state index contributed by atoms with van der Waals surface area (Å²) in [6, 6.07) is 6.36. The van der Waals surface area contributed by atoms with Gasteiger partial charge < -0.3 is 16.2 Å². The molecular weight excluding hydrogens is 219 g/mol. The van der Waals surface area contributed by atoms with Crippen molar-refractivity contribution in [1.29, 1.82) is 0 Å². The van der Waals surface area contributed by atoms with Gasteiger partial charge in [0.1, 0.15) is 5.82 Å². The van der Waals surface area contributed by atoms with Crippen LogP contribution in [0.5, 0.6) is 0 Å². The van der Waals surface area contributed by atoms with Gasteiger partial charge in [-0.05, 0) is 17.7 Å². The maximum absolute atomic E-state index is 13.1. The van der Waals surface area contributed by atoms with E-state index in [1.165, 1.54) is 6.07 Å². The Labute approximate surface area is 102 Å². The molecule has 1 aromatic rings. The molecule has 4 heteroatoms. The summed E-state index contributed by atoms with van der Waals surface area (Å²) in [6.07, 6.45) is 0. The van der Waals surface area contributed by atoms with Crippen LogP contribution in [0.15, 0.2) is 24.3 Å². The first-order valence-corrected chi connectivity index (χ1v) is 5.79. The van der Waals surface area contributed by atoms with E-state index in [0.717, 1.165) is 5.56 Å². The highest BCUT2D eigenvalue weighted by atomic mass is 19.1. The lowest BCUT2D eigenvalue weighted by atomic mass is 9.84. The fourth-order valence-electron chi connectivity index (χ4n) is 1.65. The second kappa shape index (κ2) is 6.10. The Kier molecular flexibility index (Phi) is 5.05. The fourth-order valence-corrected chi connectivity index (χ4v) is 1.65.